The van der Waals surface area contributed by atoms with Gasteiger partial charge in [-0.25, -0.2) is 0 Å². The predicted octanol–water partition coefficient (Wildman–Crippen LogP) is 1.42. The number of aromatic nitrogens is 1. The molecule has 0 aliphatic heterocycles. The van der Waals surface area contributed by atoms with Gasteiger partial charge in [0.25, 0.3) is 0 Å². The van der Waals surface area contributed by atoms with Gasteiger partial charge in [-0.05, 0) is 18.4 Å². The molecule has 2 aromatic rings. The molecule has 0 spiro atoms. The molecular weight excluding hydrogens is 266 g/mol. The average Bonchev–Trinajstić information content (AvgIpc) is 3.01. The lowest BCUT2D eigenvalue weighted by Gasteiger charge is -2.12. The van der Waals surface area contributed by atoms with Gasteiger partial charge in [0.1, 0.15) is 6.26 Å². The Hall–Kier alpha value is -2.15. The van der Waals surface area contributed by atoms with E-state index in [0.29, 0.717) is 6.42 Å². The van der Waals surface area contributed by atoms with E-state index in [1.54, 1.807) is 11.3 Å². The van der Waals surface area contributed by atoms with Gasteiger partial charge in [0.05, 0.1) is 0 Å². The third-order valence-corrected chi connectivity index (χ3v) is 3.25. The van der Waals surface area contributed by atoms with E-state index in [-0.39, 0.29) is 11.9 Å². The molecular formula is C12H13N3O3S. The number of carbonyl (C=O) groups excluding carboxylic acids is 2. The minimum Gasteiger partial charge on any atom is -0.363 e. The van der Waals surface area contributed by atoms with Gasteiger partial charge in [0.2, 0.25) is 0 Å². The van der Waals surface area contributed by atoms with E-state index in [2.05, 4.69) is 20.3 Å². The first-order chi connectivity index (χ1) is 9.15. The molecule has 2 N–H and O–H groups in total. The van der Waals surface area contributed by atoms with Crippen LogP contribution >= 0.6 is 11.3 Å². The molecule has 0 bridgehead atoms. The fourth-order valence-electron chi connectivity index (χ4n) is 1.52. The lowest BCUT2D eigenvalue weighted by molar-refractivity contribution is -0.136. The summed E-state index contributed by atoms with van der Waals surface area (Å²) in [6.45, 7) is 1.85. The lowest BCUT2D eigenvalue weighted by atomic mass is 10.2. The first kappa shape index (κ1) is 13.3. The van der Waals surface area contributed by atoms with Crippen molar-refractivity contribution >= 4 is 29.0 Å². The molecule has 0 radical (unpaired) electrons. The number of nitrogens with one attached hydrogen (secondary N) is 2. The van der Waals surface area contributed by atoms with Crippen LogP contribution in [0.4, 0.5) is 5.82 Å². The summed E-state index contributed by atoms with van der Waals surface area (Å²) < 4.78 is 4.55. The standard InChI is InChI=1S/C12H13N3O3S/c1-8(7-9-3-2-6-19-9)13-11(16)12(17)14-10-4-5-18-15-10/h2-6,8H,7H2,1H3,(H,13,16)(H,14,15,17)/t8-/m0/s1. The Labute approximate surface area is 113 Å². The molecule has 2 rings (SSSR count). The molecule has 1 atom stereocenters. The number of amides is 2. The summed E-state index contributed by atoms with van der Waals surface area (Å²) in [5.41, 5.74) is 0. The van der Waals surface area contributed by atoms with Crippen LogP contribution in [0.5, 0.6) is 0 Å². The summed E-state index contributed by atoms with van der Waals surface area (Å²) >= 11 is 1.62. The average molecular weight is 279 g/mol. The van der Waals surface area contributed by atoms with E-state index in [0.717, 1.165) is 4.88 Å². The lowest BCUT2D eigenvalue weighted by Crippen LogP contribution is -2.41. The van der Waals surface area contributed by atoms with Gasteiger partial charge < -0.3 is 9.84 Å². The number of hydrogen-bond acceptors (Lipinski definition) is 5. The topological polar surface area (TPSA) is 84.2 Å². The third kappa shape index (κ3) is 3.92. The van der Waals surface area contributed by atoms with E-state index in [9.17, 15) is 9.59 Å². The number of carbonyl (C=O) groups is 2. The predicted molar refractivity (Wildman–Crippen MR) is 70.8 cm³/mol. The fraction of sp³-hybridized carbons (Fsp3) is 0.250. The van der Waals surface area contributed by atoms with Crippen LogP contribution in [0.15, 0.2) is 34.4 Å². The van der Waals surface area contributed by atoms with E-state index in [1.165, 1.54) is 12.3 Å². The first-order valence-electron chi connectivity index (χ1n) is 5.70. The molecule has 19 heavy (non-hydrogen) atoms. The Bertz CT molecular complexity index is 537. The van der Waals surface area contributed by atoms with E-state index >= 15 is 0 Å². The normalized spacial score (nSPS) is 11.8. The summed E-state index contributed by atoms with van der Waals surface area (Å²) in [6.07, 6.45) is 2.01. The van der Waals surface area contributed by atoms with Gasteiger partial charge in [-0.1, -0.05) is 11.2 Å². The molecule has 7 heteroatoms. The number of thiophene rings is 1. The zero-order chi connectivity index (χ0) is 13.7. The molecule has 2 aromatic heterocycles. The molecule has 0 aliphatic rings. The van der Waals surface area contributed by atoms with Crippen LogP contribution in [0.1, 0.15) is 11.8 Å². The summed E-state index contributed by atoms with van der Waals surface area (Å²) in [4.78, 5) is 24.3. The van der Waals surface area contributed by atoms with Crippen molar-refractivity contribution in [1.82, 2.24) is 10.5 Å². The fourth-order valence-corrected chi connectivity index (χ4v) is 2.36. The third-order valence-electron chi connectivity index (χ3n) is 2.35. The van der Waals surface area contributed by atoms with Crippen LogP contribution < -0.4 is 10.6 Å². The molecule has 0 saturated carbocycles. The molecule has 2 heterocycles. The largest absolute Gasteiger partial charge is 0.363 e. The maximum Gasteiger partial charge on any atom is 0.314 e. The van der Waals surface area contributed by atoms with Crippen molar-refractivity contribution in [2.75, 3.05) is 5.32 Å². The summed E-state index contributed by atoms with van der Waals surface area (Å²) in [6, 6.07) is 5.28. The van der Waals surface area contributed by atoms with Crippen LogP contribution in [-0.4, -0.2) is 23.0 Å². The summed E-state index contributed by atoms with van der Waals surface area (Å²) in [5, 5.41) is 10.4. The molecule has 2 amide bonds. The van der Waals surface area contributed by atoms with E-state index in [4.69, 9.17) is 0 Å². The minimum atomic E-state index is -0.757. The maximum absolute atomic E-state index is 11.6. The SMILES string of the molecule is C[C@@H](Cc1cccs1)NC(=O)C(=O)Nc1ccon1. The van der Waals surface area contributed by atoms with Crippen molar-refractivity contribution in [3.05, 3.63) is 34.7 Å². The maximum atomic E-state index is 11.6. The first-order valence-corrected chi connectivity index (χ1v) is 6.57. The van der Waals surface area contributed by atoms with Crippen LogP contribution in [0.25, 0.3) is 0 Å². The molecule has 0 unspecified atom stereocenters. The highest BCUT2D eigenvalue weighted by Gasteiger charge is 2.17. The molecule has 0 aromatic carbocycles. The Balaban J connectivity index is 1.81. The van der Waals surface area contributed by atoms with E-state index < -0.39 is 11.8 Å². The van der Waals surface area contributed by atoms with Crippen molar-refractivity contribution in [2.24, 2.45) is 0 Å². The minimum absolute atomic E-state index is 0.116. The number of anilines is 1. The van der Waals surface area contributed by atoms with Gasteiger partial charge in [-0.2, -0.15) is 0 Å². The second-order valence-electron chi connectivity index (χ2n) is 4.00. The number of hydrogen-bond donors (Lipinski definition) is 2. The van der Waals surface area contributed by atoms with Crippen molar-refractivity contribution in [3.63, 3.8) is 0 Å². The Morgan fingerprint density at radius 1 is 1.42 bits per heavy atom. The highest BCUT2D eigenvalue weighted by Crippen LogP contribution is 2.10. The second-order valence-corrected chi connectivity index (χ2v) is 5.03. The molecule has 0 saturated heterocycles. The van der Waals surface area contributed by atoms with Gasteiger partial charge in [-0.3, -0.25) is 14.9 Å². The Morgan fingerprint density at radius 2 is 2.26 bits per heavy atom. The van der Waals surface area contributed by atoms with Crippen LogP contribution in [-0.2, 0) is 16.0 Å². The molecule has 0 fully saturated rings. The Morgan fingerprint density at radius 3 is 2.89 bits per heavy atom. The smallest absolute Gasteiger partial charge is 0.314 e. The number of rotatable bonds is 4. The highest BCUT2D eigenvalue weighted by atomic mass is 32.1. The zero-order valence-electron chi connectivity index (χ0n) is 10.3. The monoisotopic (exact) mass is 279 g/mol. The van der Waals surface area contributed by atoms with Gasteiger partial charge >= 0.3 is 11.8 Å². The van der Waals surface area contributed by atoms with Crippen LogP contribution in [0.2, 0.25) is 0 Å². The van der Waals surface area contributed by atoms with Crippen LogP contribution in [0.3, 0.4) is 0 Å². The van der Waals surface area contributed by atoms with Crippen molar-refractivity contribution in [1.29, 1.82) is 0 Å². The highest BCUT2D eigenvalue weighted by molar-refractivity contribution is 7.09. The molecule has 0 aliphatic carbocycles. The molecule has 100 valence electrons. The van der Waals surface area contributed by atoms with Crippen molar-refractivity contribution in [3.8, 4) is 0 Å². The molecule has 6 nitrogen and oxygen atoms in total. The van der Waals surface area contributed by atoms with Gasteiger partial charge in [0, 0.05) is 23.4 Å². The van der Waals surface area contributed by atoms with Gasteiger partial charge in [-0.15, -0.1) is 11.3 Å². The van der Waals surface area contributed by atoms with Crippen molar-refractivity contribution < 1.29 is 14.1 Å². The van der Waals surface area contributed by atoms with Gasteiger partial charge in [0.15, 0.2) is 5.82 Å². The summed E-state index contributed by atoms with van der Waals surface area (Å²) in [5.74, 6) is -1.23. The zero-order valence-corrected chi connectivity index (χ0v) is 11.1. The second kappa shape index (κ2) is 6.14. The summed E-state index contributed by atoms with van der Waals surface area (Å²) in [7, 11) is 0. The quantitative estimate of drug-likeness (QED) is 0.829. The van der Waals surface area contributed by atoms with Crippen molar-refractivity contribution in [2.45, 2.75) is 19.4 Å². The van der Waals surface area contributed by atoms with Crippen LogP contribution in [0, 0.1) is 0 Å². The Kier molecular flexibility index (Phi) is 4.30. The van der Waals surface area contributed by atoms with E-state index in [1.807, 2.05) is 24.4 Å². The number of nitrogens with zero attached hydrogens (tertiary/aromatic N) is 1.